The van der Waals surface area contributed by atoms with Crippen LogP contribution >= 0.6 is 11.5 Å². The predicted octanol–water partition coefficient (Wildman–Crippen LogP) is 1.48. The van der Waals surface area contributed by atoms with Crippen molar-refractivity contribution in [2.45, 2.75) is 45.8 Å². The number of carbonyl (C=O) groups excluding carboxylic acids is 1. The van der Waals surface area contributed by atoms with E-state index in [0.29, 0.717) is 0 Å². The second-order valence-corrected chi connectivity index (χ2v) is 6.39. The van der Waals surface area contributed by atoms with Gasteiger partial charge in [-0.15, -0.1) is 0 Å². The van der Waals surface area contributed by atoms with Crippen LogP contribution in [-0.4, -0.2) is 32.2 Å². The molecule has 0 spiro atoms. The summed E-state index contributed by atoms with van der Waals surface area (Å²) >= 11 is 0.933. The van der Waals surface area contributed by atoms with Crippen LogP contribution in [0.15, 0.2) is 5.16 Å². The first-order chi connectivity index (χ1) is 9.55. The molecule has 0 saturated carbocycles. The third-order valence-corrected chi connectivity index (χ3v) is 2.56. The highest BCUT2D eigenvalue weighted by atomic mass is 32.1. The molecule has 114 valence electrons. The fourth-order valence-corrected chi connectivity index (χ4v) is 1.48. The van der Waals surface area contributed by atoms with Gasteiger partial charge in [-0.1, -0.05) is 5.16 Å². The maximum Gasteiger partial charge on any atom is 0.353 e. The zero-order chi connectivity index (χ0) is 16.3. The molecular weight excluding hydrogens is 294 g/mol. The summed E-state index contributed by atoms with van der Waals surface area (Å²) in [5, 5.41) is 12.9. The number of hydrogen-bond acceptors (Lipinski definition) is 9. The van der Waals surface area contributed by atoms with Gasteiger partial charge in [0.25, 0.3) is 0 Å². The minimum atomic E-state index is -1.35. The van der Waals surface area contributed by atoms with Crippen molar-refractivity contribution in [2.75, 3.05) is 5.73 Å². The zero-order valence-corrected chi connectivity index (χ0v) is 13.3. The second kappa shape index (κ2) is 6.05. The smallest absolute Gasteiger partial charge is 0.353 e. The molecule has 0 saturated heterocycles. The number of aromatic nitrogens is 2. The molecule has 0 aromatic carbocycles. The van der Waals surface area contributed by atoms with E-state index in [1.165, 1.54) is 13.8 Å². The number of hydrogen-bond donors (Lipinski definition) is 1. The molecule has 0 aliphatic carbocycles. The van der Waals surface area contributed by atoms with Crippen molar-refractivity contribution in [3.63, 3.8) is 0 Å². The average Bonchev–Trinajstić information content (AvgIpc) is 2.74. The molecule has 1 rings (SSSR count). The molecule has 1 heterocycles. The van der Waals surface area contributed by atoms with Gasteiger partial charge in [-0.05, 0) is 34.6 Å². The Morgan fingerprint density at radius 2 is 2.00 bits per heavy atom. The molecule has 1 aromatic rings. The van der Waals surface area contributed by atoms with Gasteiger partial charge in [-0.25, -0.2) is 4.79 Å². The molecule has 8 nitrogen and oxygen atoms in total. The third kappa shape index (κ3) is 5.00. The van der Waals surface area contributed by atoms with E-state index in [-0.39, 0.29) is 16.7 Å². The van der Waals surface area contributed by atoms with Gasteiger partial charge in [0.05, 0.1) is 0 Å². The normalized spacial score (nSPS) is 12.7. The topological polar surface area (TPSA) is 123 Å². The number of esters is 1. The van der Waals surface area contributed by atoms with E-state index < -0.39 is 17.2 Å². The highest BCUT2D eigenvalue weighted by Gasteiger charge is 2.35. The monoisotopic (exact) mass is 311 g/mol. The molecule has 0 aliphatic heterocycles. The number of oxime groups is 1. The van der Waals surface area contributed by atoms with Gasteiger partial charge in [-0.2, -0.15) is 14.6 Å². The molecule has 0 amide bonds. The molecule has 0 radical (unpaired) electrons. The molecule has 21 heavy (non-hydrogen) atoms. The van der Waals surface area contributed by atoms with Gasteiger partial charge in [0.15, 0.2) is 5.13 Å². The zero-order valence-electron chi connectivity index (χ0n) is 12.5. The summed E-state index contributed by atoms with van der Waals surface area (Å²) in [4.78, 5) is 20.9. The number of nitriles is 1. The maximum atomic E-state index is 12.0. The van der Waals surface area contributed by atoms with Crippen LogP contribution in [0, 0.1) is 11.3 Å². The lowest BCUT2D eigenvalue weighted by molar-refractivity contribution is -0.179. The minimum absolute atomic E-state index is 0.0555. The summed E-state index contributed by atoms with van der Waals surface area (Å²) in [7, 11) is 0. The molecule has 9 heteroatoms. The molecule has 0 fully saturated rings. The Labute approximate surface area is 126 Å². The van der Waals surface area contributed by atoms with Crippen molar-refractivity contribution in [2.24, 2.45) is 5.16 Å². The van der Waals surface area contributed by atoms with Crippen LogP contribution in [0.2, 0.25) is 0 Å². The average molecular weight is 311 g/mol. The second-order valence-electron chi connectivity index (χ2n) is 5.61. The largest absolute Gasteiger partial charge is 0.457 e. The van der Waals surface area contributed by atoms with E-state index in [0.717, 1.165) is 11.5 Å². The van der Waals surface area contributed by atoms with E-state index in [1.807, 2.05) is 0 Å². The SMILES string of the molecule is CC(C)(C)OC(=O)C(C)(C)ON=C(C#N)c1nsc(N)n1. The van der Waals surface area contributed by atoms with Crippen LogP contribution in [0.3, 0.4) is 0 Å². The fourth-order valence-electron chi connectivity index (χ4n) is 1.04. The molecular formula is C12H17N5O3S. The summed E-state index contributed by atoms with van der Waals surface area (Å²) in [6.45, 7) is 8.21. The van der Waals surface area contributed by atoms with E-state index in [2.05, 4.69) is 14.5 Å². The Hall–Kier alpha value is -2.21. The summed E-state index contributed by atoms with van der Waals surface area (Å²) in [6.07, 6.45) is 0. The lowest BCUT2D eigenvalue weighted by Gasteiger charge is -2.26. The first-order valence-corrected chi connectivity index (χ1v) is 6.82. The van der Waals surface area contributed by atoms with Crippen molar-refractivity contribution >= 4 is 28.3 Å². The first-order valence-electron chi connectivity index (χ1n) is 6.04. The molecule has 2 N–H and O–H groups in total. The molecule has 0 atom stereocenters. The maximum absolute atomic E-state index is 12.0. The Bertz CT molecular complexity index is 595. The highest BCUT2D eigenvalue weighted by Crippen LogP contribution is 2.18. The standard InChI is InChI=1S/C12H17N5O3S/c1-11(2,3)19-9(18)12(4,5)20-16-7(6-13)8-15-10(14)21-17-8/h1-5H3,(H2,14,15,17). The van der Waals surface area contributed by atoms with E-state index >= 15 is 0 Å². The van der Waals surface area contributed by atoms with Crippen LogP contribution in [0.1, 0.15) is 40.4 Å². The number of nitrogens with zero attached hydrogens (tertiary/aromatic N) is 4. The van der Waals surface area contributed by atoms with Crippen molar-refractivity contribution in [3.05, 3.63) is 5.82 Å². The Kier molecular flexibility index (Phi) is 4.85. The fraction of sp³-hybridized carbons (Fsp3) is 0.583. The summed E-state index contributed by atoms with van der Waals surface area (Å²) in [5.41, 5.74) is 3.27. The van der Waals surface area contributed by atoms with Crippen molar-refractivity contribution in [1.82, 2.24) is 9.36 Å². The van der Waals surface area contributed by atoms with E-state index in [1.54, 1.807) is 26.8 Å². The summed E-state index contributed by atoms with van der Waals surface area (Å²) < 4.78 is 9.06. The van der Waals surface area contributed by atoms with Crippen molar-refractivity contribution in [3.8, 4) is 6.07 Å². The number of nitrogens with two attached hydrogens (primary N) is 1. The van der Waals surface area contributed by atoms with Crippen LogP contribution in [0.4, 0.5) is 5.13 Å². The number of anilines is 1. The van der Waals surface area contributed by atoms with Gasteiger partial charge >= 0.3 is 5.97 Å². The van der Waals surface area contributed by atoms with Crippen molar-refractivity contribution < 1.29 is 14.4 Å². The van der Waals surface area contributed by atoms with Gasteiger partial charge in [0.1, 0.15) is 11.7 Å². The quantitative estimate of drug-likeness (QED) is 0.507. The van der Waals surface area contributed by atoms with Crippen molar-refractivity contribution in [1.29, 1.82) is 5.26 Å². The number of ether oxygens (including phenoxy) is 1. The Balaban J connectivity index is 2.85. The Morgan fingerprint density at radius 3 is 2.43 bits per heavy atom. The van der Waals surface area contributed by atoms with Crippen LogP contribution in [-0.2, 0) is 14.4 Å². The molecule has 0 unspecified atom stereocenters. The number of nitrogen functional groups attached to an aromatic ring is 1. The molecule has 1 aromatic heterocycles. The lowest BCUT2D eigenvalue weighted by atomic mass is 10.1. The lowest BCUT2D eigenvalue weighted by Crippen LogP contribution is -2.40. The third-order valence-electron chi connectivity index (χ3n) is 2.02. The number of carbonyl (C=O) groups is 1. The minimum Gasteiger partial charge on any atom is -0.457 e. The summed E-state index contributed by atoms with van der Waals surface area (Å²) in [5.74, 6) is -0.540. The predicted molar refractivity (Wildman–Crippen MR) is 77.5 cm³/mol. The van der Waals surface area contributed by atoms with Crippen LogP contribution in [0.5, 0.6) is 0 Å². The van der Waals surface area contributed by atoms with Gasteiger partial charge in [0.2, 0.25) is 17.1 Å². The van der Waals surface area contributed by atoms with Gasteiger partial charge < -0.3 is 15.3 Å². The molecule has 0 aliphatic rings. The Morgan fingerprint density at radius 1 is 1.38 bits per heavy atom. The van der Waals surface area contributed by atoms with Crippen LogP contribution in [0.25, 0.3) is 0 Å². The summed E-state index contributed by atoms with van der Waals surface area (Å²) in [6, 6.07) is 1.79. The molecule has 0 bridgehead atoms. The van der Waals surface area contributed by atoms with Gasteiger partial charge in [-0.3, -0.25) is 0 Å². The van der Waals surface area contributed by atoms with E-state index in [4.69, 9.17) is 20.6 Å². The first kappa shape index (κ1) is 16.8. The van der Waals surface area contributed by atoms with E-state index in [9.17, 15) is 4.79 Å². The highest BCUT2D eigenvalue weighted by molar-refractivity contribution is 7.09. The van der Waals surface area contributed by atoms with Crippen LogP contribution < -0.4 is 5.73 Å². The number of rotatable bonds is 4. The van der Waals surface area contributed by atoms with Gasteiger partial charge in [0, 0.05) is 11.5 Å².